The minimum atomic E-state index is 0.733. The summed E-state index contributed by atoms with van der Waals surface area (Å²) >= 11 is 7.72. The molecule has 0 N–H and O–H groups in total. The Morgan fingerprint density at radius 3 is 2.32 bits per heavy atom. The van der Waals surface area contributed by atoms with Gasteiger partial charge in [0.2, 0.25) is 0 Å². The summed E-state index contributed by atoms with van der Waals surface area (Å²) in [7, 11) is 1.66. The molecule has 0 radical (unpaired) electrons. The second-order valence-corrected chi connectivity index (χ2v) is 7.78. The fourth-order valence-corrected chi connectivity index (χ4v) is 4.06. The van der Waals surface area contributed by atoms with Crippen molar-refractivity contribution >= 4 is 28.8 Å². The van der Waals surface area contributed by atoms with E-state index in [9.17, 15) is 0 Å². The Bertz CT molecular complexity index is 1110. The van der Waals surface area contributed by atoms with Crippen molar-refractivity contribution < 1.29 is 4.74 Å². The number of hydrogen-bond acceptors (Lipinski definition) is 3. The predicted octanol–water partition coefficient (Wildman–Crippen LogP) is 6.16. The number of halogens is 1. The van der Waals surface area contributed by atoms with Crippen LogP contribution in [0.3, 0.4) is 0 Å². The summed E-state index contributed by atoms with van der Waals surface area (Å²) in [6.45, 7) is 0.793. The molecule has 0 amide bonds. The summed E-state index contributed by atoms with van der Waals surface area (Å²) in [4.78, 5) is 4.80. The van der Waals surface area contributed by atoms with Crippen LogP contribution in [0.4, 0.5) is 5.69 Å². The molecule has 28 heavy (non-hydrogen) atoms. The first-order chi connectivity index (χ1) is 13.7. The molecule has 1 aromatic heterocycles. The molecule has 0 saturated heterocycles. The van der Waals surface area contributed by atoms with Crippen molar-refractivity contribution in [1.82, 2.24) is 3.96 Å². The second-order valence-electron chi connectivity index (χ2n) is 6.30. The molecule has 5 heteroatoms. The van der Waals surface area contributed by atoms with Crippen molar-refractivity contribution in [2.45, 2.75) is 6.54 Å². The molecule has 0 aliphatic heterocycles. The monoisotopic (exact) mass is 406 g/mol. The average molecular weight is 407 g/mol. The Hall–Kier alpha value is -2.82. The molecule has 0 bridgehead atoms. The van der Waals surface area contributed by atoms with E-state index in [0.29, 0.717) is 0 Å². The first kappa shape index (κ1) is 18.5. The lowest BCUT2D eigenvalue weighted by atomic mass is 10.1. The van der Waals surface area contributed by atoms with Gasteiger partial charge in [-0.05, 0) is 59.1 Å². The van der Waals surface area contributed by atoms with Gasteiger partial charge in [0, 0.05) is 11.1 Å². The van der Waals surface area contributed by atoms with Gasteiger partial charge in [0.1, 0.15) is 10.4 Å². The molecule has 1 heterocycles. The van der Waals surface area contributed by atoms with E-state index in [1.54, 1.807) is 18.6 Å². The van der Waals surface area contributed by atoms with Gasteiger partial charge in [-0.2, -0.15) is 0 Å². The summed E-state index contributed by atoms with van der Waals surface area (Å²) in [5.41, 5.74) is 4.39. The van der Waals surface area contributed by atoms with Gasteiger partial charge in [0.05, 0.1) is 25.0 Å². The van der Waals surface area contributed by atoms with Gasteiger partial charge in [-0.25, -0.2) is 4.99 Å². The molecule has 0 fully saturated rings. The molecule has 0 atom stereocenters. The largest absolute Gasteiger partial charge is 0.497 e. The number of nitrogens with zero attached hydrogens (tertiary/aromatic N) is 2. The first-order valence-electron chi connectivity index (χ1n) is 8.91. The highest BCUT2D eigenvalue weighted by molar-refractivity contribution is 7.04. The Morgan fingerprint density at radius 2 is 1.64 bits per heavy atom. The second kappa shape index (κ2) is 8.46. The maximum atomic E-state index is 6.07. The highest BCUT2D eigenvalue weighted by atomic mass is 35.5. The standard InChI is InChI=1S/C23H19ClN2OS/c1-27-21-13-11-20(12-14-21)25-23-15-22(18-7-9-19(24)10-8-18)26(28-23)16-17-5-3-2-4-6-17/h2-15H,16H2,1H3. The zero-order valence-corrected chi connectivity index (χ0v) is 17.0. The van der Waals surface area contributed by atoms with Crippen LogP contribution in [-0.2, 0) is 6.54 Å². The summed E-state index contributed by atoms with van der Waals surface area (Å²) in [5.74, 6) is 0.825. The van der Waals surface area contributed by atoms with Gasteiger partial charge in [-0.15, -0.1) is 0 Å². The lowest BCUT2D eigenvalue weighted by Crippen LogP contribution is -1.98. The van der Waals surface area contributed by atoms with Crippen LogP contribution in [0.15, 0.2) is 89.9 Å². The number of aromatic nitrogens is 1. The van der Waals surface area contributed by atoms with E-state index in [1.165, 1.54) is 5.56 Å². The molecule has 3 nitrogen and oxygen atoms in total. The van der Waals surface area contributed by atoms with Crippen molar-refractivity contribution in [2.75, 3.05) is 7.11 Å². The highest BCUT2D eigenvalue weighted by Gasteiger charge is 2.08. The summed E-state index contributed by atoms with van der Waals surface area (Å²) in [6.07, 6.45) is 0. The molecule has 0 aliphatic rings. The molecular formula is C23H19ClN2OS. The average Bonchev–Trinajstić information content (AvgIpc) is 3.12. The maximum Gasteiger partial charge on any atom is 0.135 e. The third kappa shape index (κ3) is 4.35. The predicted molar refractivity (Wildman–Crippen MR) is 117 cm³/mol. The summed E-state index contributed by atoms with van der Waals surface area (Å²) in [5, 5.41) is 0.733. The van der Waals surface area contributed by atoms with E-state index in [2.05, 4.69) is 34.3 Å². The molecule has 0 spiro atoms. The van der Waals surface area contributed by atoms with E-state index in [1.807, 2.05) is 54.6 Å². The van der Waals surface area contributed by atoms with Crippen LogP contribution >= 0.6 is 23.1 Å². The third-order valence-electron chi connectivity index (χ3n) is 4.35. The zero-order chi connectivity index (χ0) is 19.3. The Labute approximate surface area is 173 Å². The van der Waals surface area contributed by atoms with E-state index in [0.717, 1.165) is 38.9 Å². The number of rotatable bonds is 5. The van der Waals surface area contributed by atoms with Crippen molar-refractivity contribution in [1.29, 1.82) is 0 Å². The summed E-state index contributed by atoms with van der Waals surface area (Å²) in [6, 6.07) is 28.3. The SMILES string of the molecule is COc1ccc(N=c2cc(-c3ccc(Cl)cc3)n(Cc3ccccc3)s2)cc1. The maximum absolute atomic E-state index is 6.07. The molecule has 3 aromatic carbocycles. The fraction of sp³-hybridized carbons (Fsp3) is 0.0870. The smallest absolute Gasteiger partial charge is 0.135 e. The van der Waals surface area contributed by atoms with Gasteiger partial charge in [-0.1, -0.05) is 54.1 Å². The molecular weight excluding hydrogens is 388 g/mol. The fourth-order valence-electron chi connectivity index (χ4n) is 2.93. The number of methoxy groups -OCH3 is 1. The Kier molecular flexibility index (Phi) is 5.60. The zero-order valence-electron chi connectivity index (χ0n) is 15.4. The number of benzene rings is 3. The van der Waals surface area contributed by atoms with Crippen molar-refractivity contribution in [3.05, 3.63) is 100 Å². The van der Waals surface area contributed by atoms with Gasteiger partial charge in [0.15, 0.2) is 0 Å². The van der Waals surface area contributed by atoms with Crippen LogP contribution in [0.1, 0.15) is 5.56 Å². The van der Waals surface area contributed by atoms with Crippen LogP contribution < -0.4 is 9.41 Å². The van der Waals surface area contributed by atoms with Crippen molar-refractivity contribution in [3.63, 3.8) is 0 Å². The van der Waals surface area contributed by atoms with Crippen molar-refractivity contribution in [2.24, 2.45) is 4.99 Å². The normalized spacial score (nSPS) is 11.6. The van der Waals surface area contributed by atoms with Crippen LogP contribution in [0.5, 0.6) is 5.75 Å². The number of ether oxygens (including phenoxy) is 1. The molecule has 140 valence electrons. The van der Waals surface area contributed by atoms with Gasteiger partial charge >= 0.3 is 0 Å². The van der Waals surface area contributed by atoms with Gasteiger partial charge in [-0.3, -0.25) is 3.96 Å². The molecule has 4 rings (SSSR count). The lowest BCUT2D eigenvalue weighted by molar-refractivity contribution is 0.415. The van der Waals surface area contributed by atoms with E-state index < -0.39 is 0 Å². The van der Waals surface area contributed by atoms with Gasteiger partial charge in [0.25, 0.3) is 0 Å². The van der Waals surface area contributed by atoms with Gasteiger partial charge < -0.3 is 4.74 Å². The van der Waals surface area contributed by atoms with Crippen LogP contribution in [-0.4, -0.2) is 11.1 Å². The molecule has 0 unspecified atom stereocenters. The topological polar surface area (TPSA) is 26.5 Å². The first-order valence-corrected chi connectivity index (χ1v) is 10.1. The van der Waals surface area contributed by atoms with E-state index in [-0.39, 0.29) is 0 Å². The third-order valence-corrected chi connectivity index (χ3v) is 5.55. The summed E-state index contributed by atoms with van der Waals surface area (Å²) < 4.78 is 8.44. The Balaban J connectivity index is 1.76. The molecule has 0 saturated carbocycles. The lowest BCUT2D eigenvalue weighted by Gasteiger charge is -2.08. The molecule has 0 aliphatic carbocycles. The van der Waals surface area contributed by atoms with Crippen molar-refractivity contribution in [3.8, 4) is 17.0 Å². The van der Waals surface area contributed by atoms with Crippen LogP contribution in [0.2, 0.25) is 5.02 Å². The molecule has 4 aromatic rings. The van der Waals surface area contributed by atoms with E-state index >= 15 is 0 Å². The van der Waals surface area contributed by atoms with Crippen LogP contribution in [0.25, 0.3) is 11.3 Å². The Morgan fingerprint density at radius 1 is 0.929 bits per heavy atom. The van der Waals surface area contributed by atoms with Crippen LogP contribution in [0, 0.1) is 0 Å². The minimum absolute atomic E-state index is 0.733. The highest BCUT2D eigenvalue weighted by Crippen LogP contribution is 2.24. The van der Waals surface area contributed by atoms with E-state index in [4.69, 9.17) is 21.3 Å². The quantitative estimate of drug-likeness (QED) is 0.390. The minimum Gasteiger partial charge on any atom is -0.497 e. The number of hydrogen-bond donors (Lipinski definition) is 0.